The van der Waals surface area contributed by atoms with Crippen molar-refractivity contribution in [3.8, 4) is 5.95 Å². The zero-order valence-corrected chi connectivity index (χ0v) is 14.5. The summed E-state index contributed by atoms with van der Waals surface area (Å²) < 4.78 is 12.4. The molecule has 1 aromatic heterocycles. The Hall–Kier alpha value is -1.63. The summed E-state index contributed by atoms with van der Waals surface area (Å²) in [5, 5.41) is 26.6. The van der Waals surface area contributed by atoms with Crippen LogP contribution in [0, 0.1) is 0 Å². The smallest absolute Gasteiger partial charge is 0.264 e. The van der Waals surface area contributed by atoms with Crippen LogP contribution in [0.4, 0.5) is 0 Å². The number of fused-ring (bicyclic) bond motifs is 1. The molecule has 0 radical (unpaired) electrons. The fourth-order valence-corrected chi connectivity index (χ4v) is 3.31. The van der Waals surface area contributed by atoms with Crippen molar-refractivity contribution in [2.45, 2.75) is 57.5 Å². The zero-order chi connectivity index (χ0) is 17.3. The van der Waals surface area contributed by atoms with E-state index in [4.69, 9.17) is 20.9 Å². The van der Waals surface area contributed by atoms with E-state index in [0.717, 1.165) is 5.56 Å². The first-order valence-corrected chi connectivity index (χ1v) is 8.43. The monoisotopic (exact) mass is 352 g/mol. The van der Waals surface area contributed by atoms with Gasteiger partial charge in [-0.05, 0) is 44.4 Å². The van der Waals surface area contributed by atoms with Crippen molar-refractivity contribution in [3.05, 3.63) is 40.5 Å². The summed E-state index contributed by atoms with van der Waals surface area (Å²) in [6.45, 7) is 4.24. The number of aliphatic hydroxyl groups excluding tert-OH is 1. The predicted molar refractivity (Wildman–Crippen MR) is 84.3 cm³/mol. The molecule has 3 rings (SSSR count). The standard InChI is InChI=1S/C17H21ClN2O4/c1-17(2)15-16(22)24-19-20(15)10-9-13(23-17)7-8-14(21)11-3-5-12(18)6-4-11/h3-6,13-14,21H,7-10H2,1-2H3. The van der Waals surface area contributed by atoms with Crippen molar-refractivity contribution in [2.75, 3.05) is 0 Å². The average molecular weight is 353 g/mol. The number of aryl methyl sites for hydroxylation is 1. The van der Waals surface area contributed by atoms with E-state index in [1.165, 1.54) is 0 Å². The lowest BCUT2D eigenvalue weighted by atomic mass is 10.0. The van der Waals surface area contributed by atoms with Crippen molar-refractivity contribution >= 4 is 11.6 Å². The van der Waals surface area contributed by atoms with Crippen molar-refractivity contribution < 1.29 is 24.2 Å². The van der Waals surface area contributed by atoms with E-state index in [0.29, 0.717) is 36.5 Å². The lowest BCUT2D eigenvalue weighted by Crippen LogP contribution is -2.43. The number of halogens is 1. The molecular formula is C17H21ClN2O4. The van der Waals surface area contributed by atoms with Crippen LogP contribution in [-0.4, -0.2) is 16.5 Å². The van der Waals surface area contributed by atoms with Crippen molar-refractivity contribution in [2.24, 2.45) is 0 Å². The normalized spacial score (nSPS) is 21.1. The van der Waals surface area contributed by atoms with Gasteiger partial charge < -0.3 is 19.5 Å². The first kappa shape index (κ1) is 17.2. The quantitative estimate of drug-likeness (QED) is 0.853. The van der Waals surface area contributed by atoms with Gasteiger partial charge in [-0.1, -0.05) is 28.4 Å². The molecule has 130 valence electrons. The summed E-state index contributed by atoms with van der Waals surface area (Å²) >= 11 is 5.87. The van der Waals surface area contributed by atoms with E-state index < -0.39 is 17.7 Å². The molecule has 2 atom stereocenters. The SMILES string of the molecule is CC1(C)OC(CCC(O)c2ccc(Cl)cc2)CC[n+]2noc([O-])c21. The van der Waals surface area contributed by atoms with Gasteiger partial charge >= 0.3 is 0 Å². The average Bonchev–Trinajstić information content (AvgIpc) is 2.85. The zero-order valence-electron chi connectivity index (χ0n) is 13.7. The maximum Gasteiger partial charge on any atom is 0.264 e. The lowest BCUT2D eigenvalue weighted by molar-refractivity contribution is -0.770. The van der Waals surface area contributed by atoms with Gasteiger partial charge in [-0.2, -0.15) is 0 Å². The first-order chi connectivity index (χ1) is 11.4. The Labute approximate surface area is 145 Å². The Morgan fingerprint density at radius 3 is 2.83 bits per heavy atom. The molecule has 6 nitrogen and oxygen atoms in total. The van der Waals surface area contributed by atoms with Crippen LogP contribution >= 0.6 is 11.6 Å². The fourth-order valence-electron chi connectivity index (χ4n) is 3.18. The molecule has 0 spiro atoms. The summed E-state index contributed by atoms with van der Waals surface area (Å²) in [6.07, 6.45) is 1.32. The van der Waals surface area contributed by atoms with E-state index in [-0.39, 0.29) is 6.10 Å². The molecule has 0 aliphatic carbocycles. The second-order valence-corrected chi connectivity index (χ2v) is 7.05. The van der Waals surface area contributed by atoms with E-state index in [9.17, 15) is 10.2 Å². The highest BCUT2D eigenvalue weighted by molar-refractivity contribution is 6.30. The van der Waals surface area contributed by atoms with E-state index in [1.807, 2.05) is 26.0 Å². The summed E-state index contributed by atoms with van der Waals surface area (Å²) in [4.78, 5) is 0. The summed E-state index contributed by atoms with van der Waals surface area (Å²) in [6, 6.07) is 7.19. The molecule has 2 heterocycles. The fraction of sp³-hybridized carbons (Fsp3) is 0.529. The molecule has 1 aliphatic heterocycles. The van der Waals surface area contributed by atoms with Crippen LogP contribution in [0.1, 0.15) is 50.5 Å². The highest BCUT2D eigenvalue weighted by Gasteiger charge is 2.40. The lowest BCUT2D eigenvalue weighted by Gasteiger charge is -2.26. The number of aromatic nitrogens is 2. The van der Waals surface area contributed by atoms with Gasteiger partial charge in [-0.15, -0.1) is 0 Å². The van der Waals surface area contributed by atoms with E-state index in [2.05, 4.69) is 5.27 Å². The number of hydrogen-bond donors (Lipinski definition) is 1. The van der Waals surface area contributed by atoms with Crippen LogP contribution in [0.3, 0.4) is 0 Å². The maximum absolute atomic E-state index is 11.8. The van der Waals surface area contributed by atoms with Crippen molar-refractivity contribution in [1.29, 1.82) is 0 Å². The topological polar surface area (TPSA) is 82.4 Å². The van der Waals surface area contributed by atoms with Gasteiger partial charge in [0.05, 0.1) is 17.5 Å². The number of hydrogen-bond acceptors (Lipinski definition) is 5. The number of rotatable bonds is 4. The summed E-state index contributed by atoms with van der Waals surface area (Å²) in [5.41, 5.74) is 0.493. The van der Waals surface area contributed by atoms with Gasteiger partial charge in [-0.3, -0.25) is 0 Å². The van der Waals surface area contributed by atoms with E-state index in [1.54, 1.807) is 16.8 Å². The van der Waals surface area contributed by atoms with Crippen molar-refractivity contribution in [3.63, 3.8) is 0 Å². The number of benzene rings is 1. The minimum Gasteiger partial charge on any atom is -0.539 e. The van der Waals surface area contributed by atoms with Gasteiger partial charge in [0.15, 0.2) is 18.1 Å². The maximum atomic E-state index is 11.8. The van der Waals surface area contributed by atoms with Crippen molar-refractivity contribution in [1.82, 2.24) is 5.27 Å². The number of nitrogens with zero attached hydrogens (tertiary/aromatic N) is 2. The number of aliphatic hydroxyl groups is 1. The third kappa shape index (κ3) is 3.55. The van der Waals surface area contributed by atoms with Crippen LogP contribution in [0.25, 0.3) is 0 Å². The Bertz CT molecular complexity index is 699. The molecule has 1 aromatic carbocycles. The minimum absolute atomic E-state index is 0.0666. The Morgan fingerprint density at radius 1 is 1.42 bits per heavy atom. The predicted octanol–water partition coefficient (Wildman–Crippen LogP) is 2.23. The molecule has 1 N–H and O–H groups in total. The Balaban J connectivity index is 1.64. The largest absolute Gasteiger partial charge is 0.539 e. The van der Waals surface area contributed by atoms with Crippen LogP contribution < -0.4 is 9.79 Å². The van der Waals surface area contributed by atoms with Gasteiger partial charge in [-0.25, -0.2) is 0 Å². The molecule has 24 heavy (non-hydrogen) atoms. The Kier molecular flexibility index (Phi) is 4.80. The molecule has 0 fully saturated rings. The molecule has 0 saturated carbocycles. The second-order valence-electron chi connectivity index (χ2n) is 6.62. The highest BCUT2D eigenvalue weighted by atomic mass is 35.5. The molecule has 2 aromatic rings. The minimum atomic E-state index is -0.774. The third-order valence-corrected chi connectivity index (χ3v) is 4.64. The molecule has 0 amide bonds. The van der Waals surface area contributed by atoms with Gasteiger partial charge in [0.25, 0.3) is 5.69 Å². The highest BCUT2D eigenvalue weighted by Crippen LogP contribution is 2.33. The second kappa shape index (κ2) is 6.70. The number of ether oxygens (including phenoxy) is 1. The molecule has 0 saturated heterocycles. The van der Waals surface area contributed by atoms with Crippen LogP contribution in [-0.2, 0) is 16.9 Å². The third-order valence-electron chi connectivity index (χ3n) is 4.39. The van der Waals surface area contributed by atoms with E-state index >= 15 is 0 Å². The first-order valence-electron chi connectivity index (χ1n) is 8.05. The van der Waals surface area contributed by atoms with Gasteiger partial charge in [0.1, 0.15) is 0 Å². The molecule has 7 heteroatoms. The summed E-state index contributed by atoms with van der Waals surface area (Å²) in [7, 11) is 0. The molecule has 2 unspecified atom stereocenters. The molecule has 0 bridgehead atoms. The van der Waals surface area contributed by atoms with Crippen LogP contribution in [0.2, 0.25) is 5.02 Å². The molecular weight excluding hydrogens is 332 g/mol. The summed E-state index contributed by atoms with van der Waals surface area (Å²) in [5.74, 6) is -0.457. The van der Waals surface area contributed by atoms with Crippen LogP contribution in [0.5, 0.6) is 5.95 Å². The van der Waals surface area contributed by atoms with Gasteiger partial charge in [0.2, 0.25) is 0 Å². The Morgan fingerprint density at radius 2 is 2.12 bits per heavy atom. The van der Waals surface area contributed by atoms with Gasteiger partial charge in [0, 0.05) is 11.4 Å². The molecule has 1 aliphatic rings. The van der Waals surface area contributed by atoms with Crippen LogP contribution in [0.15, 0.2) is 28.8 Å².